The second-order valence-corrected chi connectivity index (χ2v) is 3.40. The van der Waals surface area contributed by atoms with E-state index in [4.69, 9.17) is 4.42 Å². The smallest absolute Gasteiger partial charge is 0.224 e. The van der Waals surface area contributed by atoms with E-state index in [9.17, 15) is 0 Å². The molecule has 0 fully saturated rings. The monoisotopic (exact) mass is 218 g/mol. The van der Waals surface area contributed by atoms with Crippen molar-refractivity contribution < 1.29 is 4.42 Å². The van der Waals surface area contributed by atoms with Crippen molar-refractivity contribution in [1.82, 2.24) is 9.97 Å². The Morgan fingerprint density at radius 3 is 2.94 bits per heavy atom. The zero-order valence-electron chi connectivity index (χ0n) is 9.32. The number of nitrogens with zero attached hydrogens (tertiary/aromatic N) is 2. The molecule has 0 aliphatic carbocycles. The van der Waals surface area contributed by atoms with Gasteiger partial charge in [0, 0.05) is 18.8 Å². The van der Waals surface area contributed by atoms with Gasteiger partial charge in [-0.3, -0.25) is 0 Å². The van der Waals surface area contributed by atoms with E-state index < -0.39 is 0 Å². The van der Waals surface area contributed by atoms with Gasteiger partial charge in [-0.05, 0) is 19.1 Å². The predicted molar refractivity (Wildman–Crippen MR) is 62.4 cm³/mol. The maximum Gasteiger partial charge on any atom is 0.224 e. The lowest BCUT2D eigenvalue weighted by atomic mass is 10.4. The maximum absolute atomic E-state index is 5.22. The Labute approximate surface area is 93.9 Å². The van der Waals surface area contributed by atoms with Crippen LogP contribution in [0.3, 0.4) is 0 Å². The summed E-state index contributed by atoms with van der Waals surface area (Å²) in [6.45, 7) is 2.55. The largest absolute Gasteiger partial charge is 0.467 e. The van der Waals surface area contributed by atoms with Crippen LogP contribution in [0.1, 0.15) is 11.5 Å². The van der Waals surface area contributed by atoms with Crippen LogP contribution in [0.25, 0.3) is 0 Å². The highest BCUT2D eigenvalue weighted by atomic mass is 16.3. The van der Waals surface area contributed by atoms with Gasteiger partial charge in [0.15, 0.2) is 0 Å². The number of furan rings is 1. The zero-order chi connectivity index (χ0) is 11.4. The van der Waals surface area contributed by atoms with Crippen LogP contribution in [0.4, 0.5) is 11.8 Å². The number of nitrogens with one attached hydrogen (secondary N) is 2. The minimum atomic E-state index is 0.613. The molecule has 2 N–H and O–H groups in total. The summed E-state index contributed by atoms with van der Waals surface area (Å²) in [5.41, 5.74) is 0.918. The summed E-state index contributed by atoms with van der Waals surface area (Å²) < 4.78 is 5.22. The first-order valence-corrected chi connectivity index (χ1v) is 5.07. The highest BCUT2D eigenvalue weighted by Crippen LogP contribution is 2.10. The standard InChI is InChI=1S/C11H14N4O/c1-8-6-10(15-11(12-2)14-8)13-7-9-4-3-5-16-9/h3-6H,7H2,1-2H3,(H2,12,13,14,15). The van der Waals surface area contributed by atoms with E-state index in [-0.39, 0.29) is 0 Å². The van der Waals surface area contributed by atoms with E-state index in [1.54, 1.807) is 13.3 Å². The maximum atomic E-state index is 5.22. The summed E-state index contributed by atoms with van der Waals surface area (Å²) in [6.07, 6.45) is 1.65. The molecule has 0 unspecified atom stereocenters. The average Bonchev–Trinajstić information content (AvgIpc) is 2.78. The topological polar surface area (TPSA) is 63.0 Å². The second-order valence-electron chi connectivity index (χ2n) is 3.40. The minimum absolute atomic E-state index is 0.613. The summed E-state index contributed by atoms with van der Waals surface area (Å²) in [4.78, 5) is 8.49. The van der Waals surface area contributed by atoms with E-state index in [2.05, 4.69) is 20.6 Å². The van der Waals surface area contributed by atoms with Crippen LogP contribution < -0.4 is 10.6 Å². The first kappa shape index (κ1) is 10.5. The third kappa shape index (κ3) is 2.50. The van der Waals surface area contributed by atoms with Crippen molar-refractivity contribution in [3.8, 4) is 0 Å². The quantitative estimate of drug-likeness (QED) is 0.822. The SMILES string of the molecule is CNc1nc(C)cc(NCc2ccco2)n1. The van der Waals surface area contributed by atoms with Crippen molar-refractivity contribution in [3.05, 3.63) is 35.9 Å². The van der Waals surface area contributed by atoms with Crippen LogP contribution in [-0.2, 0) is 6.54 Å². The molecule has 0 saturated heterocycles. The van der Waals surface area contributed by atoms with Crippen LogP contribution in [-0.4, -0.2) is 17.0 Å². The fourth-order valence-corrected chi connectivity index (χ4v) is 1.36. The van der Waals surface area contributed by atoms with Crippen molar-refractivity contribution in [3.63, 3.8) is 0 Å². The van der Waals surface area contributed by atoms with Crippen LogP contribution >= 0.6 is 0 Å². The van der Waals surface area contributed by atoms with Gasteiger partial charge in [0.05, 0.1) is 12.8 Å². The third-order valence-electron chi connectivity index (χ3n) is 2.10. The van der Waals surface area contributed by atoms with Gasteiger partial charge in [0.25, 0.3) is 0 Å². The van der Waals surface area contributed by atoms with Crippen molar-refractivity contribution in [2.75, 3.05) is 17.7 Å². The molecule has 2 aromatic heterocycles. The lowest BCUT2D eigenvalue weighted by Gasteiger charge is -2.06. The molecule has 16 heavy (non-hydrogen) atoms. The molecule has 84 valence electrons. The summed E-state index contributed by atoms with van der Waals surface area (Å²) in [7, 11) is 1.80. The van der Waals surface area contributed by atoms with Crippen LogP contribution in [0, 0.1) is 6.92 Å². The van der Waals surface area contributed by atoms with Crippen LogP contribution in [0.5, 0.6) is 0 Å². The molecule has 0 aromatic carbocycles. The lowest BCUT2D eigenvalue weighted by Crippen LogP contribution is -2.04. The molecular weight excluding hydrogens is 204 g/mol. The molecule has 2 heterocycles. The van der Waals surface area contributed by atoms with Gasteiger partial charge in [-0.1, -0.05) is 0 Å². The highest BCUT2D eigenvalue weighted by molar-refractivity contribution is 5.41. The number of hydrogen-bond donors (Lipinski definition) is 2. The Bertz CT molecular complexity index is 453. The molecular formula is C11H14N4O. The number of hydrogen-bond acceptors (Lipinski definition) is 5. The third-order valence-corrected chi connectivity index (χ3v) is 2.10. The molecule has 0 radical (unpaired) electrons. The fourth-order valence-electron chi connectivity index (χ4n) is 1.36. The van der Waals surface area contributed by atoms with Gasteiger partial charge in [-0.2, -0.15) is 4.98 Å². The molecule has 2 aromatic rings. The molecule has 0 aliphatic heterocycles. The first-order valence-electron chi connectivity index (χ1n) is 5.07. The second kappa shape index (κ2) is 4.65. The van der Waals surface area contributed by atoms with Gasteiger partial charge < -0.3 is 15.1 Å². The Morgan fingerprint density at radius 2 is 2.25 bits per heavy atom. The number of rotatable bonds is 4. The van der Waals surface area contributed by atoms with E-state index in [1.807, 2.05) is 25.1 Å². The average molecular weight is 218 g/mol. The normalized spacial score (nSPS) is 10.1. The fraction of sp³-hybridized carbons (Fsp3) is 0.273. The summed E-state index contributed by atoms with van der Waals surface area (Å²) in [5.74, 6) is 2.28. The summed E-state index contributed by atoms with van der Waals surface area (Å²) in [5, 5.41) is 6.09. The molecule has 5 heteroatoms. The van der Waals surface area contributed by atoms with Crippen molar-refractivity contribution in [2.24, 2.45) is 0 Å². The zero-order valence-corrected chi connectivity index (χ0v) is 9.32. The van der Waals surface area contributed by atoms with Crippen LogP contribution in [0.2, 0.25) is 0 Å². The van der Waals surface area contributed by atoms with Crippen molar-refractivity contribution in [1.29, 1.82) is 0 Å². The Morgan fingerprint density at radius 1 is 1.38 bits per heavy atom. The van der Waals surface area contributed by atoms with E-state index in [0.717, 1.165) is 17.3 Å². The van der Waals surface area contributed by atoms with E-state index in [0.29, 0.717) is 12.5 Å². The molecule has 0 atom stereocenters. The van der Waals surface area contributed by atoms with Gasteiger partial charge in [0.1, 0.15) is 11.6 Å². The Kier molecular flexibility index (Phi) is 3.05. The Hall–Kier alpha value is -2.04. The first-order chi connectivity index (χ1) is 7.78. The number of aromatic nitrogens is 2. The van der Waals surface area contributed by atoms with Gasteiger partial charge >= 0.3 is 0 Å². The summed E-state index contributed by atoms with van der Waals surface area (Å²) >= 11 is 0. The molecule has 0 saturated carbocycles. The van der Waals surface area contributed by atoms with Crippen LogP contribution in [0.15, 0.2) is 28.9 Å². The van der Waals surface area contributed by atoms with E-state index in [1.165, 1.54) is 0 Å². The molecule has 0 spiro atoms. The van der Waals surface area contributed by atoms with E-state index >= 15 is 0 Å². The molecule has 2 rings (SSSR count). The molecule has 0 aliphatic rings. The lowest BCUT2D eigenvalue weighted by molar-refractivity contribution is 0.518. The Balaban J connectivity index is 2.06. The van der Waals surface area contributed by atoms with Gasteiger partial charge in [-0.25, -0.2) is 4.98 Å². The van der Waals surface area contributed by atoms with Crippen molar-refractivity contribution >= 4 is 11.8 Å². The summed E-state index contributed by atoms with van der Waals surface area (Å²) in [6, 6.07) is 5.67. The molecule has 5 nitrogen and oxygen atoms in total. The van der Waals surface area contributed by atoms with Crippen molar-refractivity contribution in [2.45, 2.75) is 13.5 Å². The van der Waals surface area contributed by atoms with Gasteiger partial charge in [-0.15, -0.1) is 0 Å². The number of anilines is 2. The molecule has 0 amide bonds. The molecule has 0 bridgehead atoms. The predicted octanol–water partition coefficient (Wildman–Crippen LogP) is 2.03. The minimum Gasteiger partial charge on any atom is -0.467 e. The highest BCUT2D eigenvalue weighted by Gasteiger charge is 2.01. The number of aryl methyl sites for hydroxylation is 1. The van der Waals surface area contributed by atoms with Gasteiger partial charge in [0.2, 0.25) is 5.95 Å².